The van der Waals surface area contributed by atoms with Crippen molar-refractivity contribution in [3.63, 3.8) is 0 Å². The highest BCUT2D eigenvalue weighted by atomic mass is 32.1. The third-order valence-electron chi connectivity index (χ3n) is 4.69. The van der Waals surface area contributed by atoms with Crippen LogP contribution in [0.2, 0.25) is 0 Å². The third-order valence-corrected chi connectivity index (χ3v) is 5.42. The van der Waals surface area contributed by atoms with Crippen LogP contribution in [0.15, 0.2) is 16.8 Å². The van der Waals surface area contributed by atoms with Gasteiger partial charge in [-0.15, -0.1) is 0 Å². The summed E-state index contributed by atoms with van der Waals surface area (Å²) >= 11 is 1.81. The molecule has 0 bridgehead atoms. The van der Waals surface area contributed by atoms with Crippen LogP contribution in [0.5, 0.6) is 0 Å². The van der Waals surface area contributed by atoms with Gasteiger partial charge in [-0.3, -0.25) is 4.90 Å². The van der Waals surface area contributed by atoms with Crippen molar-refractivity contribution in [1.82, 2.24) is 10.2 Å². The van der Waals surface area contributed by atoms with Crippen molar-refractivity contribution >= 4 is 11.3 Å². The lowest BCUT2D eigenvalue weighted by Gasteiger charge is -2.35. The van der Waals surface area contributed by atoms with E-state index in [0.717, 1.165) is 12.5 Å². The molecule has 1 aromatic rings. The molecule has 1 aliphatic heterocycles. The lowest BCUT2D eigenvalue weighted by atomic mass is 9.95. The molecule has 1 saturated heterocycles. The summed E-state index contributed by atoms with van der Waals surface area (Å²) in [5.74, 6) is 0.910. The highest BCUT2D eigenvalue weighted by Gasteiger charge is 2.43. The average molecular weight is 264 g/mol. The summed E-state index contributed by atoms with van der Waals surface area (Å²) in [6.07, 6.45) is 4.11. The van der Waals surface area contributed by atoms with Gasteiger partial charge in [0, 0.05) is 24.7 Å². The lowest BCUT2D eigenvalue weighted by molar-refractivity contribution is 0.155. The molecule has 0 radical (unpaired) electrons. The number of hydrogen-bond donors (Lipinski definition) is 1. The van der Waals surface area contributed by atoms with Crippen LogP contribution in [0.4, 0.5) is 0 Å². The Labute approximate surface area is 114 Å². The van der Waals surface area contributed by atoms with Crippen LogP contribution in [0.1, 0.15) is 38.7 Å². The Hall–Kier alpha value is -0.380. The molecule has 18 heavy (non-hydrogen) atoms. The average Bonchev–Trinajstić information content (AvgIpc) is 3.09. The number of hydrogen-bond acceptors (Lipinski definition) is 3. The molecule has 2 atom stereocenters. The molecule has 1 N–H and O–H groups in total. The van der Waals surface area contributed by atoms with Crippen LogP contribution < -0.4 is 5.32 Å². The minimum absolute atomic E-state index is 0.348. The molecule has 1 aliphatic carbocycles. The Bertz CT molecular complexity index is 385. The van der Waals surface area contributed by atoms with Gasteiger partial charge in [0.15, 0.2) is 0 Å². The first-order valence-corrected chi connectivity index (χ1v) is 8.12. The normalized spacial score (nSPS) is 34.4. The SMILES string of the molecule is CC1CCNC(C)(C2CC2)CN1Cc1ccsc1. The molecular weight excluding hydrogens is 240 g/mol. The number of thiophene rings is 1. The zero-order valence-electron chi connectivity index (χ0n) is 11.5. The second-order valence-electron chi connectivity index (χ2n) is 6.29. The van der Waals surface area contributed by atoms with E-state index in [9.17, 15) is 0 Å². The van der Waals surface area contributed by atoms with Gasteiger partial charge >= 0.3 is 0 Å². The van der Waals surface area contributed by atoms with Gasteiger partial charge in [-0.1, -0.05) is 0 Å². The molecule has 3 rings (SSSR count). The maximum atomic E-state index is 3.82. The van der Waals surface area contributed by atoms with E-state index in [1.54, 1.807) is 0 Å². The molecule has 1 saturated carbocycles. The summed E-state index contributed by atoms with van der Waals surface area (Å²) in [6.45, 7) is 8.31. The highest BCUT2D eigenvalue weighted by Crippen LogP contribution is 2.41. The van der Waals surface area contributed by atoms with Gasteiger partial charge in [-0.25, -0.2) is 0 Å². The van der Waals surface area contributed by atoms with Crippen molar-refractivity contribution < 1.29 is 0 Å². The molecule has 2 heterocycles. The Morgan fingerprint density at radius 3 is 2.94 bits per heavy atom. The van der Waals surface area contributed by atoms with Crippen molar-refractivity contribution in [1.29, 1.82) is 0 Å². The van der Waals surface area contributed by atoms with Crippen LogP contribution >= 0.6 is 11.3 Å². The monoisotopic (exact) mass is 264 g/mol. The van der Waals surface area contributed by atoms with Crippen LogP contribution in [0.25, 0.3) is 0 Å². The standard InChI is InChI=1S/C15H24N2S/c1-12-5-7-16-15(2,14-3-4-14)11-17(12)9-13-6-8-18-10-13/h6,8,10,12,14,16H,3-5,7,9,11H2,1-2H3. The zero-order chi connectivity index (χ0) is 12.6. The second-order valence-corrected chi connectivity index (χ2v) is 7.07. The summed E-state index contributed by atoms with van der Waals surface area (Å²) in [7, 11) is 0. The summed E-state index contributed by atoms with van der Waals surface area (Å²) < 4.78 is 0. The van der Waals surface area contributed by atoms with Gasteiger partial charge < -0.3 is 5.32 Å². The quantitative estimate of drug-likeness (QED) is 0.902. The first-order chi connectivity index (χ1) is 8.67. The van der Waals surface area contributed by atoms with Gasteiger partial charge in [0.25, 0.3) is 0 Å². The number of nitrogens with one attached hydrogen (secondary N) is 1. The molecule has 0 aromatic carbocycles. The maximum absolute atomic E-state index is 3.82. The van der Waals surface area contributed by atoms with Crippen molar-refractivity contribution in [2.45, 2.75) is 51.2 Å². The van der Waals surface area contributed by atoms with E-state index in [0.29, 0.717) is 11.6 Å². The van der Waals surface area contributed by atoms with E-state index >= 15 is 0 Å². The molecule has 2 fully saturated rings. The Kier molecular flexibility index (Phi) is 3.48. The minimum atomic E-state index is 0.348. The van der Waals surface area contributed by atoms with Gasteiger partial charge in [-0.05, 0) is 68.0 Å². The van der Waals surface area contributed by atoms with Crippen molar-refractivity contribution in [3.05, 3.63) is 22.4 Å². The number of rotatable bonds is 3. The molecule has 2 nitrogen and oxygen atoms in total. The van der Waals surface area contributed by atoms with Crippen molar-refractivity contribution in [2.75, 3.05) is 13.1 Å². The fourth-order valence-corrected chi connectivity index (χ4v) is 3.87. The molecule has 3 heteroatoms. The van der Waals surface area contributed by atoms with Gasteiger partial charge in [0.2, 0.25) is 0 Å². The van der Waals surface area contributed by atoms with Gasteiger partial charge in [-0.2, -0.15) is 11.3 Å². The summed E-state index contributed by atoms with van der Waals surface area (Å²) in [5, 5.41) is 8.30. The Morgan fingerprint density at radius 1 is 1.44 bits per heavy atom. The summed E-state index contributed by atoms with van der Waals surface area (Å²) in [5.41, 5.74) is 1.83. The smallest absolute Gasteiger partial charge is 0.0308 e. The fourth-order valence-electron chi connectivity index (χ4n) is 3.21. The van der Waals surface area contributed by atoms with E-state index < -0.39 is 0 Å². The summed E-state index contributed by atoms with van der Waals surface area (Å²) in [4.78, 5) is 2.68. The fraction of sp³-hybridized carbons (Fsp3) is 0.733. The molecule has 100 valence electrons. The van der Waals surface area contributed by atoms with Gasteiger partial charge in [0.1, 0.15) is 0 Å². The van der Waals surface area contributed by atoms with Gasteiger partial charge in [0.05, 0.1) is 0 Å². The topological polar surface area (TPSA) is 15.3 Å². The van der Waals surface area contributed by atoms with Crippen molar-refractivity contribution in [2.24, 2.45) is 5.92 Å². The second kappa shape index (κ2) is 4.95. The zero-order valence-corrected chi connectivity index (χ0v) is 12.3. The Morgan fingerprint density at radius 2 is 2.28 bits per heavy atom. The number of nitrogens with zero attached hydrogens (tertiary/aromatic N) is 1. The van der Waals surface area contributed by atoms with E-state index in [-0.39, 0.29) is 0 Å². The molecule has 0 spiro atoms. The van der Waals surface area contributed by atoms with E-state index in [2.05, 4.69) is 40.9 Å². The molecule has 2 aliphatic rings. The first-order valence-electron chi connectivity index (χ1n) is 7.17. The predicted octanol–water partition coefficient (Wildman–Crippen LogP) is 3.10. The van der Waals surface area contributed by atoms with Crippen LogP contribution in [-0.4, -0.2) is 29.6 Å². The molecule has 0 amide bonds. The maximum Gasteiger partial charge on any atom is 0.0308 e. The minimum Gasteiger partial charge on any atom is -0.310 e. The van der Waals surface area contributed by atoms with E-state index in [1.807, 2.05) is 11.3 Å². The van der Waals surface area contributed by atoms with Crippen molar-refractivity contribution in [3.8, 4) is 0 Å². The Balaban J connectivity index is 1.73. The van der Waals surface area contributed by atoms with Crippen LogP contribution in [0.3, 0.4) is 0 Å². The van der Waals surface area contributed by atoms with Crippen LogP contribution in [-0.2, 0) is 6.54 Å². The summed E-state index contributed by atoms with van der Waals surface area (Å²) in [6, 6.07) is 2.96. The first kappa shape index (κ1) is 12.6. The highest BCUT2D eigenvalue weighted by molar-refractivity contribution is 7.07. The van der Waals surface area contributed by atoms with Crippen LogP contribution in [0, 0.1) is 5.92 Å². The third kappa shape index (κ3) is 2.63. The molecule has 2 unspecified atom stereocenters. The largest absolute Gasteiger partial charge is 0.310 e. The lowest BCUT2D eigenvalue weighted by Crippen LogP contribution is -2.51. The van der Waals surface area contributed by atoms with E-state index in [1.165, 1.54) is 37.9 Å². The molecular formula is C15H24N2S. The predicted molar refractivity (Wildman–Crippen MR) is 77.9 cm³/mol. The molecule has 1 aromatic heterocycles. The van der Waals surface area contributed by atoms with E-state index in [4.69, 9.17) is 0 Å².